The van der Waals surface area contributed by atoms with Gasteiger partial charge >= 0.3 is 0 Å². The number of nitrogens with two attached hydrogens (primary N) is 1. The third-order valence-corrected chi connectivity index (χ3v) is 8.71. The van der Waals surface area contributed by atoms with Crippen LogP contribution < -0.4 is 16.4 Å². The van der Waals surface area contributed by atoms with Gasteiger partial charge in [0.05, 0.1) is 24.4 Å². The topological polar surface area (TPSA) is 62.4 Å². The molecular weight excluding hydrogens is 536 g/mol. The van der Waals surface area contributed by atoms with Crippen LogP contribution in [0.4, 0.5) is 5.69 Å². The van der Waals surface area contributed by atoms with E-state index in [-0.39, 0.29) is 6.04 Å². The number of nitrogens with zero attached hydrogens (tertiary/aromatic N) is 1. The highest BCUT2D eigenvalue weighted by molar-refractivity contribution is 6.15. The number of nitrogens with one attached hydrogen (secondary N) is 2. The average Bonchev–Trinajstić information content (AvgIpc) is 3.09. The van der Waals surface area contributed by atoms with E-state index in [4.69, 9.17) is 10.7 Å². The average molecular weight is 569 g/mol. The number of hydrogen-bond acceptors (Lipinski definition) is 3. The predicted octanol–water partition coefficient (Wildman–Crippen LogP) is 8.63. The van der Waals surface area contributed by atoms with Gasteiger partial charge in [-0.05, 0) is 54.9 Å². The Hall–Kier alpha value is -5.45. The van der Waals surface area contributed by atoms with Crippen LogP contribution in [0.5, 0.6) is 0 Å². The first kappa shape index (κ1) is 26.2. The number of amidine groups is 1. The molecule has 212 valence electrons. The van der Waals surface area contributed by atoms with Gasteiger partial charge in [0.1, 0.15) is 5.84 Å². The van der Waals surface area contributed by atoms with Gasteiger partial charge in [-0.3, -0.25) is 4.99 Å². The maximum absolute atomic E-state index is 6.97. The van der Waals surface area contributed by atoms with E-state index in [1.165, 1.54) is 43.1 Å². The van der Waals surface area contributed by atoms with Crippen molar-refractivity contribution in [1.29, 1.82) is 0 Å². The maximum atomic E-state index is 6.97. The van der Waals surface area contributed by atoms with Crippen molar-refractivity contribution in [3.8, 4) is 0 Å². The fourth-order valence-corrected chi connectivity index (χ4v) is 6.41. The molecule has 0 saturated heterocycles. The lowest BCUT2D eigenvalue weighted by Gasteiger charge is -2.30. The largest absolute Gasteiger partial charge is 0.374 e. The minimum Gasteiger partial charge on any atom is -0.374 e. The molecule has 0 bridgehead atoms. The van der Waals surface area contributed by atoms with Crippen molar-refractivity contribution in [2.75, 3.05) is 5.32 Å². The van der Waals surface area contributed by atoms with Crippen LogP contribution in [0.1, 0.15) is 16.7 Å². The second kappa shape index (κ2) is 11.0. The number of benzene rings is 7. The zero-order chi connectivity index (χ0) is 29.5. The molecule has 1 aliphatic rings. The minimum absolute atomic E-state index is 0.143. The zero-order valence-electron chi connectivity index (χ0n) is 24.2. The number of anilines is 1. The molecule has 1 heterocycles. The molecule has 0 saturated carbocycles. The Labute approximate surface area is 256 Å². The van der Waals surface area contributed by atoms with Crippen LogP contribution in [0.3, 0.4) is 0 Å². The molecule has 4 N–H and O–H groups in total. The van der Waals surface area contributed by atoms with Crippen molar-refractivity contribution < 1.29 is 0 Å². The minimum atomic E-state index is -0.428. The summed E-state index contributed by atoms with van der Waals surface area (Å²) in [6.07, 6.45) is 3.91. The molecule has 2 atom stereocenters. The Morgan fingerprint density at radius 3 is 2.14 bits per heavy atom. The zero-order valence-corrected chi connectivity index (χ0v) is 24.2. The van der Waals surface area contributed by atoms with Gasteiger partial charge in [0.25, 0.3) is 0 Å². The normalized spacial score (nSPS) is 15.4. The lowest BCUT2D eigenvalue weighted by molar-refractivity contribution is 0.591. The summed E-state index contributed by atoms with van der Waals surface area (Å²) < 4.78 is 0. The highest BCUT2D eigenvalue weighted by Gasteiger charge is 2.23. The molecule has 0 radical (unpaired) electrons. The van der Waals surface area contributed by atoms with Gasteiger partial charge in [0.2, 0.25) is 0 Å². The molecule has 0 spiro atoms. The summed E-state index contributed by atoms with van der Waals surface area (Å²) in [6.45, 7) is 0.552. The molecule has 1 aliphatic heterocycles. The molecular formula is C40H32N4. The van der Waals surface area contributed by atoms with Crippen molar-refractivity contribution in [1.82, 2.24) is 5.32 Å². The Morgan fingerprint density at radius 2 is 1.32 bits per heavy atom. The Kier molecular flexibility index (Phi) is 6.55. The van der Waals surface area contributed by atoms with Crippen molar-refractivity contribution in [2.24, 2.45) is 10.7 Å². The van der Waals surface area contributed by atoms with Crippen LogP contribution in [-0.4, -0.2) is 18.0 Å². The summed E-state index contributed by atoms with van der Waals surface area (Å²) >= 11 is 0. The predicted molar refractivity (Wildman–Crippen MR) is 187 cm³/mol. The number of aliphatic imine (C=N–C) groups is 1. The second-order valence-electron chi connectivity index (χ2n) is 11.5. The highest BCUT2D eigenvalue weighted by atomic mass is 15.1. The van der Waals surface area contributed by atoms with E-state index >= 15 is 0 Å². The Morgan fingerprint density at radius 1 is 0.682 bits per heavy atom. The van der Waals surface area contributed by atoms with Crippen LogP contribution in [0.15, 0.2) is 145 Å². The summed E-state index contributed by atoms with van der Waals surface area (Å²) in [5, 5.41) is 17.1. The van der Waals surface area contributed by atoms with Crippen LogP contribution in [-0.2, 0) is 6.54 Å². The third kappa shape index (κ3) is 4.76. The summed E-state index contributed by atoms with van der Waals surface area (Å²) in [4.78, 5) is 5.09. The molecule has 7 aromatic rings. The smallest absolute Gasteiger partial charge is 0.129 e. The third-order valence-electron chi connectivity index (χ3n) is 8.71. The molecule has 4 nitrogen and oxygen atoms in total. The summed E-state index contributed by atoms with van der Waals surface area (Å²) in [6, 6.07) is 47.0. The highest BCUT2D eigenvalue weighted by Crippen LogP contribution is 2.37. The van der Waals surface area contributed by atoms with Crippen molar-refractivity contribution in [3.63, 3.8) is 0 Å². The summed E-state index contributed by atoms with van der Waals surface area (Å²) in [5.41, 5.74) is 11.4. The van der Waals surface area contributed by atoms with Crippen LogP contribution in [0, 0.1) is 0 Å². The maximum Gasteiger partial charge on any atom is 0.129 e. The lowest BCUT2D eigenvalue weighted by Crippen LogP contribution is -2.52. The fourth-order valence-electron chi connectivity index (χ4n) is 6.41. The van der Waals surface area contributed by atoms with Gasteiger partial charge in [-0.1, -0.05) is 140 Å². The first-order chi connectivity index (χ1) is 21.7. The molecule has 0 fully saturated rings. The van der Waals surface area contributed by atoms with Gasteiger partial charge in [-0.15, -0.1) is 0 Å². The quantitative estimate of drug-likeness (QED) is 0.0843. The number of rotatable bonds is 5. The fraction of sp³-hybridized carbons (Fsp3) is 0.0750. The van der Waals surface area contributed by atoms with Crippen molar-refractivity contribution >= 4 is 60.7 Å². The SMILES string of the molecule is NC(N/C(=N\Cc1ccccc1)c1ccc2ccc3ccccc3c2c1)C1C=Cc2ccc3ccc4ccccc4c3c2N1. The molecule has 0 amide bonds. The van der Waals surface area contributed by atoms with Crippen LogP contribution in [0.25, 0.3) is 49.2 Å². The standard InChI is InChI=1S/C40H32N4/c41-39(36-23-22-31-20-19-30-18-16-28-11-5-7-13-34(28)37(30)38(31)43-36)44-40(42-25-26-8-2-1-3-9-26)32-21-17-29-15-14-27-10-4-6-12-33(27)35(29)24-32/h1-24,36,39,43H,25,41H2,(H,42,44). The second-order valence-corrected chi connectivity index (χ2v) is 11.5. The van der Waals surface area contributed by atoms with Crippen LogP contribution in [0.2, 0.25) is 0 Å². The molecule has 8 rings (SSSR count). The van der Waals surface area contributed by atoms with Gasteiger partial charge in [-0.25, -0.2) is 0 Å². The van der Waals surface area contributed by atoms with E-state index in [2.05, 4.69) is 138 Å². The van der Waals surface area contributed by atoms with E-state index in [1.807, 2.05) is 18.2 Å². The van der Waals surface area contributed by atoms with Crippen LogP contribution >= 0.6 is 0 Å². The van der Waals surface area contributed by atoms with Gasteiger partial charge in [0.15, 0.2) is 0 Å². The Bertz CT molecular complexity index is 2230. The lowest BCUT2D eigenvalue weighted by atomic mass is 9.94. The first-order valence-corrected chi connectivity index (χ1v) is 15.1. The number of fused-ring (bicyclic) bond motifs is 8. The number of hydrogen-bond donors (Lipinski definition) is 3. The Balaban J connectivity index is 1.16. The molecule has 44 heavy (non-hydrogen) atoms. The molecule has 4 heteroatoms. The van der Waals surface area contributed by atoms with Gasteiger partial charge < -0.3 is 16.4 Å². The summed E-state index contributed by atoms with van der Waals surface area (Å²) in [7, 11) is 0. The molecule has 0 aliphatic carbocycles. The van der Waals surface area contributed by atoms with Crippen molar-refractivity contribution in [2.45, 2.75) is 18.8 Å². The van der Waals surface area contributed by atoms with Crippen molar-refractivity contribution in [3.05, 3.63) is 156 Å². The van der Waals surface area contributed by atoms with E-state index in [0.717, 1.165) is 28.2 Å². The molecule has 0 aromatic heterocycles. The monoisotopic (exact) mass is 568 g/mol. The van der Waals surface area contributed by atoms with E-state index in [9.17, 15) is 0 Å². The first-order valence-electron chi connectivity index (χ1n) is 15.1. The van der Waals surface area contributed by atoms with Gasteiger partial charge in [-0.2, -0.15) is 0 Å². The summed E-state index contributed by atoms with van der Waals surface area (Å²) in [5.74, 6) is 0.778. The van der Waals surface area contributed by atoms with E-state index < -0.39 is 6.17 Å². The molecule has 2 unspecified atom stereocenters. The molecule has 7 aromatic carbocycles. The van der Waals surface area contributed by atoms with Gasteiger partial charge in [0, 0.05) is 10.9 Å². The van der Waals surface area contributed by atoms with E-state index in [1.54, 1.807) is 0 Å². The van der Waals surface area contributed by atoms with E-state index in [0.29, 0.717) is 6.54 Å².